The summed E-state index contributed by atoms with van der Waals surface area (Å²) in [5.74, 6) is -3.83. The number of ether oxygens (including phenoxy) is 2. The summed E-state index contributed by atoms with van der Waals surface area (Å²) in [7, 11) is 1.62. The maximum Gasteiger partial charge on any atom is 0.323 e. The van der Waals surface area contributed by atoms with Crippen molar-refractivity contribution >= 4 is 23.4 Å². The zero-order valence-corrected chi connectivity index (χ0v) is 22.2. The maximum atomic E-state index is 15.0. The lowest BCUT2D eigenvalue weighted by Gasteiger charge is -2.26. The van der Waals surface area contributed by atoms with Gasteiger partial charge in [-0.25, -0.2) is 18.9 Å². The Kier molecular flexibility index (Phi) is 7.79. The van der Waals surface area contributed by atoms with Crippen molar-refractivity contribution in [1.82, 2.24) is 19.2 Å². The third kappa shape index (κ3) is 5.65. The van der Waals surface area contributed by atoms with Crippen molar-refractivity contribution in [1.29, 1.82) is 0 Å². The predicted octanol–water partition coefficient (Wildman–Crippen LogP) is 4.07. The predicted molar refractivity (Wildman–Crippen MR) is 146 cm³/mol. The highest BCUT2D eigenvalue weighted by Crippen LogP contribution is 2.31. The molecule has 1 aliphatic rings. The van der Waals surface area contributed by atoms with Gasteiger partial charge in [-0.1, -0.05) is 18.2 Å². The summed E-state index contributed by atoms with van der Waals surface area (Å²) >= 11 is 0. The summed E-state index contributed by atoms with van der Waals surface area (Å²) < 4.78 is 43.5. The van der Waals surface area contributed by atoms with Crippen molar-refractivity contribution in [3.05, 3.63) is 94.0 Å². The Balaban J connectivity index is 1.32. The molecule has 1 fully saturated rings. The number of carbonyl (C=O) groups excluding carboxylic acids is 2. The van der Waals surface area contributed by atoms with E-state index in [1.54, 1.807) is 49.2 Å². The van der Waals surface area contributed by atoms with Gasteiger partial charge in [0.2, 0.25) is 5.82 Å². The number of aromatic nitrogens is 3. The fourth-order valence-corrected chi connectivity index (χ4v) is 4.35. The van der Waals surface area contributed by atoms with E-state index in [0.29, 0.717) is 37.7 Å². The molecule has 212 valence electrons. The van der Waals surface area contributed by atoms with Gasteiger partial charge in [0.15, 0.2) is 11.6 Å². The molecular formula is C28H26F2N6O5. The fraction of sp³-hybridized carbons (Fsp3) is 0.214. The van der Waals surface area contributed by atoms with Crippen LogP contribution in [-0.4, -0.2) is 57.5 Å². The molecule has 2 aromatic carbocycles. The van der Waals surface area contributed by atoms with Gasteiger partial charge in [-0.3, -0.25) is 19.6 Å². The van der Waals surface area contributed by atoms with Crippen LogP contribution in [0, 0.1) is 18.6 Å². The monoisotopic (exact) mass is 564 g/mol. The molecular weight excluding hydrogens is 538 g/mol. The van der Waals surface area contributed by atoms with Crippen molar-refractivity contribution in [2.24, 2.45) is 7.05 Å². The first-order valence-electron chi connectivity index (χ1n) is 12.7. The van der Waals surface area contributed by atoms with Crippen LogP contribution in [0.2, 0.25) is 0 Å². The summed E-state index contributed by atoms with van der Waals surface area (Å²) in [6.07, 6.45) is 1.34. The van der Waals surface area contributed by atoms with Crippen molar-refractivity contribution < 1.29 is 27.8 Å². The SMILES string of the molecule is Cc1c(C(=O)Nc2ccc(Oc3ccnc(NC(=O)N4CCOCC4)c3)c(F)c2F)c(=O)n(-c2ccccc2)n1C. The van der Waals surface area contributed by atoms with Gasteiger partial charge in [0.25, 0.3) is 11.5 Å². The van der Waals surface area contributed by atoms with Crippen molar-refractivity contribution in [2.45, 2.75) is 6.92 Å². The average Bonchev–Trinajstić information content (AvgIpc) is 3.21. The highest BCUT2D eigenvalue weighted by Gasteiger charge is 2.25. The second-order valence-electron chi connectivity index (χ2n) is 9.14. The Hall–Kier alpha value is -5.04. The number of urea groups is 1. The minimum atomic E-state index is -1.37. The first-order chi connectivity index (χ1) is 19.7. The molecule has 5 rings (SSSR count). The number of halogens is 2. The Morgan fingerprint density at radius 1 is 1.00 bits per heavy atom. The summed E-state index contributed by atoms with van der Waals surface area (Å²) in [5, 5.41) is 4.92. The van der Waals surface area contributed by atoms with Crippen molar-refractivity contribution in [3.8, 4) is 17.2 Å². The van der Waals surface area contributed by atoms with E-state index in [2.05, 4.69) is 15.6 Å². The molecule has 0 atom stereocenters. The highest BCUT2D eigenvalue weighted by molar-refractivity contribution is 6.05. The molecule has 11 nitrogen and oxygen atoms in total. The zero-order chi connectivity index (χ0) is 29.1. The lowest BCUT2D eigenvalue weighted by Crippen LogP contribution is -2.43. The molecule has 0 bridgehead atoms. The van der Waals surface area contributed by atoms with Gasteiger partial charge in [0.1, 0.15) is 17.1 Å². The number of hydrogen-bond acceptors (Lipinski definition) is 6. The van der Waals surface area contributed by atoms with E-state index in [9.17, 15) is 18.8 Å². The average molecular weight is 565 g/mol. The Morgan fingerprint density at radius 2 is 1.73 bits per heavy atom. The number of carbonyl (C=O) groups is 2. The third-order valence-corrected chi connectivity index (χ3v) is 6.57. The molecule has 3 heterocycles. The minimum Gasteiger partial charge on any atom is -0.454 e. The molecule has 4 aromatic rings. The van der Waals surface area contributed by atoms with E-state index in [4.69, 9.17) is 9.47 Å². The van der Waals surface area contributed by atoms with Crippen LogP contribution in [-0.2, 0) is 11.8 Å². The van der Waals surface area contributed by atoms with Crippen LogP contribution in [0.5, 0.6) is 11.5 Å². The summed E-state index contributed by atoms with van der Waals surface area (Å²) in [5.41, 5.74) is -0.405. The number of pyridine rings is 1. The quantitative estimate of drug-likeness (QED) is 0.365. The third-order valence-electron chi connectivity index (χ3n) is 6.57. The number of nitrogens with one attached hydrogen (secondary N) is 2. The van der Waals surface area contributed by atoms with Crippen molar-refractivity contribution in [3.63, 3.8) is 0 Å². The van der Waals surface area contributed by atoms with Gasteiger partial charge in [-0.05, 0) is 37.3 Å². The molecule has 2 aromatic heterocycles. The van der Waals surface area contributed by atoms with E-state index in [1.807, 2.05) is 0 Å². The molecule has 0 aliphatic carbocycles. The van der Waals surface area contributed by atoms with Crippen LogP contribution in [0.1, 0.15) is 16.1 Å². The second-order valence-corrected chi connectivity index (χ2v) is 9.14. The van der Waals surface area contributed by atoms with Gasteiger partial charge in [0.05, 0.1) is 30.3 Å². The van der Waals surface area contributed by atoms with E-state index in [0.717, 1.165) is 12.1 Å². The van der Waals surface area contributed by atoms with Crippen LogP contribution in [0.15, 0.2) is 65.6 Å². The molecule has 0 spiro atoms. The fourth-order valence-electron chi connectivity index (χ4n) is 4.35. The van der Waals surface area contributed by atoms with Gasteiger partial charge in [-0.15, -0.1) is 0 Å². The Morgan fingerprint density at radius 3 is 2.46 bits per heavy atom. The molecule has 1 aliphatic heterocycles. The standard InChI is InChI=1S/C28H26F2N6O5/c1-17-23(27(38)36(34(17)2)18-6-4-3-5-7-18)26(37)32-20-8-9-21(25(30)24(20)29)41-19-10-11-31-22(16-19)33-28(39)35-12-14-40-15-13-35/h3-11,16H,12-15H2,1-2H3,(H,32,37)(H,31,33,39). The van der Waals surface area contributed by atoms with Gasteiger partial charge < -0.3 is 19.7 Å². The summed E-state index contributed by atoms with van der Waals surface area (Å²) in [6.45, 7) is 3.31. The molecule has 0 radical (unpaired) electrons. The lowest BCUT2D eigenvalue weighted by molar-refractivity contribution is 0.0564. The Bertz CT molecular complexity index is 1660. The lowest BCUT2D eigenvalue weighted by atomic mass is 10.2. The number of anilines is 2. The van der Waals surface area contributed by atoms with Gasteiger partial charge in [0, 0.05) is 32.4 Å². The van der Waals surface area contributed by atoms with Crippen molar-refractivity contribution in [2.75, 3.05) is 36.9 Å². The van der Waals surface area contributed by atoms with Crippen LogP contribution in [0.4, 0.5) is 25.1 Å². The molecule has 41 heavy (non-hydrogen) atoms. The molecule has 2 N–H and O–H groups in total. The van der Waals surface area contributed by atoms with Crippen LogP contribution >= 0.6 is 0 Å². The van der Waals surface area contributed by atoms with Crippen LogP contribution in [0.25, 0.3) is 5.69 Å². The number of hydrogen-bond donors (Lipinski definition) is 2. The van der Waals surface area contributed by atoms with E-state index < -0.39 is 34.5 Å². The van der Waals surface area contributed by atoms with Crippen LogP contribution in [0.3, 0.4) is 0 Å². The molecule has 0 unspecified atom stereocenters. The molecule has 1 saturated heterocycles. The number of para-hydroxylation sites is 1. The number of amides is 3. The highest BCUT2D eigenvalue weighted by atomic mass is 19.2. The molecule has 3 amide bonds. The van der Waals surface area contributed by atoms with E-state index in [-0.39, 0.29) is 23.2 Å². The summed E-state index contributed by atoms with van der Waals surface area (Å²) in [6, 6.07) is 13.4. The second kappa shape index (κ2) is 11.6. The molecule has 13 heteroatoms. The van der Waals surface area contributed by atoms with E-state index in [1.165, 1.54) is 27.7 Å². The van der Waals surface area contributed by atoms with Crippen LogP contribution < -0.4 is 20.9 Å². The number of morpholine rings is 1. The summed E-state index contributed by atoms with van der Waals surface area (Å²) in [4.78, 5) is 44.1. The first kappa shape index (κ1) is 27.5. The molecule has 0 saturated carbocycles. The topological polar surface area (TPSA) is 120 Å². The zero-order valence-electron chi connectivity index (χ0n) is 22.2. The first-order valence-corrected chi connectivity index (χ1v) is 12.7. The number of nitrogens with zero attached hydrogens (tertiary/aromatic N) is 4. The smallest absolute Gasteiger partial charge is 0.323 e. The number of rotatable bonds is 6. The minimum absolute atomic E-state index is 0.0914. The van der Waals surface area contributed by atoms with Gasteiger partial charge in [-0.2, -0.15) is 4.39 Å². The maximum absolute atomic E-state index is 15.0. The number of benzene rings is 2. The largest absolute Gasteiger partial charge is 0.454 e. The normalized spacial score (nSPS) is 13.1. The van der Waals surface area contributed by atoms with Gasteiger partial charge >= 0.3 is 6.03 Å². The Labute approximate surface area is 232 Å². The van der Waals surface area contributed by atoms with E-state index >= 15 is 4.39 Å².